The van der Waals surface area contributed by atoms with Crippen molar-refractivity contribution in [1.29, 1.82) is 0 Å². The molecule has 1 amide bonds. The maximum atomic E-state index is 13.4. The minimum absolute atomic E-state index is 0. The fraction of sp³-hybridized carbons (Fsp3) is 0.273. The average molecular weight is 608 g/mol. The second-order valence-electron chi connectivity index (χ2n) is 7.06. The molecule has 1 N–H and O–H groups in total. The van der Waals surface area contributed by atoms with E-state index in [4.69, 9.17) is 21.3 Å². The smallest absolute Gasteiger partial charge is 0.247 e. The van der Waals surface area contributed by atoms with E-state index in [-0.39, 0.29) is 49.6 Å². The fourth-order valence-corrected chi connectivity index (χ4v) is 4.79. The Morgan fingerprint density at radius 3 is 2.71 bits per heavy atom. The topological polar surface area (TPSA) is 75.6 Å². The first kappa shape index (κ1) is 24.6. The third-order valence-electron chi connectivity index (χ3n) is 5.06. The molecule has 1 fully saturated rings. The SMILES string of the molecule is COc1nc2cc(Cl)ccc2nc1SC(C(=O)N1CC[C@H]([CH-]O)C1)c1ccccc1.[Ho]. The van der Waals surface area contributed by atoms with Crippen LogP contribution in [0.1, 0.15) is 17.2 Å². The minimum atomic E-state index is -0.503. The number of hydrogen-bond acceptors (Lipinski definition) is 6. The van der Waals surface area contributed by atoms with Gasteiger partial charge in [0.15, 0.2) is 5.03 Å². The molecule has 3 aromatic rings. The minimum Gasteiger partial charge on any atom is -0.566 e. The molecule has 167 valence electrons. The number of carbonyl (C=O) groups is 1. The summed E-state index contributed by atoms with van der Waals surface area (Å²) >= 11 is 7.39. The van der Waals surface area contributed by atoms with Crippen LogP contribution in [0.4, 0.5) is 0 Å². The molecule has 1 aromatic heterocycles. The molecule has 1 unspecified atom stereocenters. The van der Waals surface area contributed by atoms with Crippen LogP contribution in [0.25, 0.3) is 11.0 Å². The third kappa shape index (κ3) is 5.64. The Kier molecular flexibility index (Phi) is 8.84. The number of rotatable bonds is 6. The van der Waals surface area contributed by atoms with Crippen LogP contribution >= 0.6 is 23.4 Å². The Morgan fingerprint density at radius 1 is 1.26 bits per heavy atom. The summed E-state index contributed by atoms with van der Waals surface area (Å²) in [7, 11) is 1.53. The Labute approximate surface area is 220 Å². The molecule has 2 atom stereocenters. The van der Waals surface area contributed by atoms with Crippen molar-refractivity contribution in [2.45, 2.75) is 16.7 Å². The third-order valence-corrected chi connectivity index (χ3v) is 6.49. The van der Waals surface area contributed by atoms with Crippen molar-refractivity contribution in [1.82, 2.24) is 14.9 Å². The van der Waals surface area contributed by atoms with Crippen LogP contribution in [0.15, 0.2) is 53.6 Å². The van der Waals surface area contributed by atoms with Gasteiger partial charge in [0.05, 0.1) is 18.1 Å². The first-order valence-corrected chi connectivity index (χ1v) is 10.8. The summed E-state index contributed by atoms with van der Waals surface area (Å²) < 4.78 is 5.47. The average Bonchev–Trinajstić information content (AvgIpc) is 3.26. The zero-order chi connectivity index (χ0) is 21.1. The second kappa shape index (κ2) is 11.2. The standard InChI is InChI=1S/C22H21ClN3O3S.Ho/c1-29-20-21(25-17-8-7-16(23)11-18(17)24-20)30-19(15-5-3-2-4-6-15)22(28)26-10-9-14(12-26)13-27;/h2-8,11,13-14,19,27H,9-10,12H2,1H3;/q-1;/t14-,19?;/m0./s1. The maximum absolute atomic E-state index is 13.4. The predicted molar refractivity (Wildman–Crippen MR) is 117 cm³/mol. The number of nitrogens with zero attached hydrogens (tertiary/aromatic N) is 3. The number of thioether (sulfide) groups is 1. The van der Waals surface area contributed by atoms with E-state index < -0.39 is 5.25 Å². The Morgan fingerprint density at radius 2 is 2.03 bits per heavy atom. The summed E-state index contributed by atoms with van der Waals surface area (Å²) in [6.45, 7) is 2.31. The number of carbonyl (C=O) groups excluding carboxylic acids is 1. The van der Waals surface area contributed by atoms with E-state index in [2.05, 4.69) is 4.98 Å². The van der Waals surface area contributed by atoms with Crippen molar-refractivity contribution in [2.75, 3.05) is 20.2 Å². The van der Waals surface area contributed by atoms with Gasteiger partial charge in [-0.15, -0.1) is 5.92 Å². The van der Waals surface area contributed by atoms with Gasteiger partial charge in [-0.3, -0.25) is 4.79 Å². The molecular formula is C22H21ClHoN3O3S-. The van der Waals surface area contributed by atoms with Crippen LogP contribution < -0.4 is 4.74 Å². The van der Waals surface area contributed by atoms with E-state index in [1.807, 2.05) is 30.3 Å². The number of aromatic nitrogens is 2. The van der Waals surface area contributed by atoms with Gasteiger partial charge in [-0.05, 0) is 30.3 Å². The number of ether oxygens (including phenoxy) is 1. The molecule has 4 rings (SSSR count). The molecule has 1 aliphatic heterocycles. The summed E-state index contributed by atoms with van der Waals surface area (Å²) in [6, 6.07) is 14.9. The number of benzene rings is 2. The largest absolute Gasteiger partial charge is 0.566 e. The number of hydrogen-bond donors (Lipinski definition) is 1. The molecule has 0 bridgehead atoms. The molecule has 1 radical (unpaired) electrons. The molecule has 2 heterocycles. The van der Waals surface area contributed by atoms with E-state index in [1.165, 1.54) is 25.5 Å². The quantitative estimate of drug-likeness (QED) is 0.253. The summed E-state index contributed by atoms with van der Waals surface area (Å²) in [4.78, 5) is 24.4. The van der Waals surface area contributed by atoms with Crippen LogP contribution in [0.3, 0.4) is 0 Å². The van der Waals surface area contributed by atoms with Gasteiger partial charge >= 0.3 is 0 Å². The Hall–Kier alpha value is -1.09. The fourth-order valence-electron chi connectivity index (χ4n) is 3.48. The van der Waals surface area contributed by atoms with Gasteiger partial charge in [-0.2, -0.15) is 0 Å². The van der Waals surface area contributed by atoms with Crippen molar-refractivity contribution in [3.8, 4) is 5.88 Å². The summed E-state index contributed by atoms with van der Waals surface area (Å²) in [5, 5.41) is 9.94. The van der Waals surface area contributed by atoms with E-state index in [0.717, 1.165) is 12.0 Å². The van der Waals surface area contributed by atoms with Gasteiger partial charge in [0.1, 0.15) is 5.25 Å². The number of aliphatic hydroxyl groups is 1. The molecule has 6 nitrogen and oxygen atoms in total. The van der Waals surface area contributed by atoms with Gasteiger partial charge in [-0.25, -0.2) is 16.6 Å². The molecule has 0 spiro atoms. The van der Waals surface area contributed by atoms with Crippen molar-refractivity contribution in [2.24, 2.45) is 5.92 Å². The van der Waals surface area contributed by atoms with Crippen molar-refractivity contribution >= 4 is 40.3 Å². The number of likely N-dealkylation sites (tertiary alicyclic amines) is 1. The monoisotopic (exact) mass is 607 g/mol. The van der Waals surface area contributed by atoms with Crippen LogP contribution in [0.2, 0.25) is 5.02 Å². The van der Waals surface area contributed by atoms with E-state index in [1.54, 1.807) is 23.1 Å². The van der Waals surface area contributed by atoms with Crippen LogP contribution in [0.5, 0.6) is 5.88 Å². The van der Waals surface area contributed by atoms with Gasteiger partial charge in [0, 0.05) is 49.3 Å². The van der Waals surface area contributed by atoms with Gasteiger partial charge in [0.25, 0.3) is 0 Å². The maximum Gasteiger partial charge on any atom is 0.247 e. The van der Waals surface area contributed by atoms with Crippen LogP contribution in [-0.2, 0) is 4.79 Å². The number of amides is 1. The van der Waals surface area contributed by atoms with Crippen molar-refractivity contribution < 1.29 is 52.4 Å². The van der Waals surface area contributed by atoms with Gasteiger partial charge < -0.3 is 14.7 Å². The predicted octanol–water partition coefficient (Wildman–Crippen LogP) is 4.51. The van der Waals surface area contributed by atoms with Gasteiger partial charge in [-0.1, -0.05) is 60.1 Å². The first-order valence-electron chi connectivity index (χ1n) is 9.58. The summed E-state index contributed by atoms with van der Waals surface area (Å²) in [5.41, 5.74) is 2.19. The summed E-state index contributed by atoms with van der Waals surface area (Å²) in [6.07, 6.45) is 0.758. The van der Waals surface area contributed by atoms with E-state index in [9.17, 15) is 9.90 Å². The first-order chi connectivity index (χ1) is 14.6. The molecule has 1 aliphatic rings. The number of halogens is 1. The number of aliphatic hydroxyl groups excluding tert-OH is 1. The van der Waals surface area contributed by atoms with Crippen molar-refractivity contribution in [3.63, 3.8) is 0 Å². The zero-order valence-corrected chi connectivity index (χ0v) is 20.2. The van der Waals surface area contributed by atoms with Crippen LogP contribution in [0, 0.1) is 50.3 Å². The number of methoxy groups -OCH3 is 1. The Bertz CT molecular complexity index is 1060. The molecule has 9 heteroatoms. The van der Waals surface area contributed by atoms with Gasteiger partial charge in [0.2, 0.25) is 11.8 Å². The molecule has 0 aliphatic carbocycles. The number of fused-ring (bicyclic) bond motifs is 1. The molecule has 0 saturated carbocycles. The Balaban J connectivity index is 0.00000272. The zero-order valence-electron chi connectivity index (χ0n) is 16.7. The molecular weight excluding hydrogens is 587 g/mol. The molecule has 1 saturated heterocycles. The molecule has 31 heavy (non-hydrogen) atoms. The van der Waals surface area contributed by atoms with E-state index >= 15 is 0 Å². The van der Waals surface area contributed by atoms with Crippen molar-refractivity contribution in [3.05, 3.63) is 65.7 Å². The normalized spacial score (nSPS) is 16.7. The molecule has 2 aromatic carbocycles. The second-order valence-corrected chi connectivity index (χ2v) is 8.59. The van der Waals surface area contributed by atoms with Crippen LogP contribution in [-0.4, -0.2) is 46.1 Å². The van der Waals surface area contributed by atoms with E-state index in [0.29, 0.717) is 40.1 Å². The summed E-state index contributed by atoms with van der Waals surface area (Å²) in [5.74, 6) is 0.345.